The number of aromatic nitrogens is 2. The molecule has 0 N–H and O–H groups in total. The average Bonchev–Trinajstić information content (AvgIpc) is 2.71. The molecule has 5 nitrogen and oxygen atoms in total. The predicted octanol–water partition coefficient (Wildman–Crippen LogP) is 1.82. The van der Waals surface area contributed by atoms with E-state index >= 15 is 0 Å². The minimum atomic E-state index is -3.06. The molecule has 2 rings (SSSR count). The van der Waals surface area contributed by atoms with Gasteiger partial charge < -0.3 is 4.57 Å². The van der Waals surface area contributed by atoms with E-state index in [1.807, 2.05) is 6.20 Å². The summed E-state index contributed by atoms with van der Waals surface area (Å²) in [6.07, 6.45) is 7.22. The third-order valence-electron chi connectivity index (χ3n) is 4.01. The molecule has 1 saturated heterocycles. The molecule has 1 aromatic rings. The van der Waals surface area contributed by atoms with Crippen molar-refractivity contribution in [1.29, 1.82) is 0 Å². The molecule has 0 spiro atoms. The molecule has 6 heteroatoms. The molecule has 114 valence electrons. The number of rotatable bonds is 5. The number of nitrogens with zero attached hydrogens (tertiary/aromatic N) is 3. The van der Waals surface area contributed by atoms with Crippen LogP contribution in [0.3, 0.4) is 0 Å². The lowest BCUT2D eigenvalue weighted by Gasteiger charge is -2.30. The van der Waals surface area contributed by atoms with Crippen LogP contribution in [0.1, 0.15) is 37.7 Å². The van der Waals surface area contributed by atoms with Crippen molar-refractivity contribution in [2.24, 2.45) is 5.92 Å². The molecule has 1 aromatic heterocycles. The minimum absolute atomic E-state index is 0.385. The molecule has 0 aromatic carbocycles. The third kappa shape index (κ3) is 3.61. The second-order valence-corrected chi connectivity index (χ2v) is 7.78. The Kier molecular flexibility index (Phi) is 4.86. The topological polar surface area (TPSA) is 55.2 Å². The zero-order chi connectivity index (χ0) is 14.8. The standard InChI is InChI=1S/C14H25N3O2S/c1-4-7-17-12(2)10-15-14(17)9-13-6-5-8-16(11-13)20(3,18)19/h10,13H,4-9,11H2,1-3H3. The number of piperidine rings is 1. The average molecular weight is 299 g/mol. The quantitative estimate of drug-likeness (QED) is 0.833. The fraction of sp³-hybridized carbons (Fsp3) is 0.786. The third-order valence-corrected chi connectivity index (χ3v) is 5.28. The molecule has 1 fully saturated rings. The maximum Gasteiger partial charge on any atom is 0.211 e. The number of hydrogen-bond acceptors (Lipinski definition) is 3. The number of sulfonamides is 1. The van der Waals surface area contributed by atoms with Crippen molar-refractivity contribution in [1.82, 2.24) is 13.9 Å². The largest absolute Gasteiger partial charge is 0.332 e. The first-order valence-electron chi connectivity index (χ1n) is 7.38. The Morgan fingerprint density at radius 3 is 2.85 bits per heavy atom. The van der Waals surface area contributed by atoms with Gasteiger partial charge in [0, 0.05) is 37.9 Å². The summed E-state index contributed by atoms with van der Waals surface area (Å²) >= 11 is 0. The Bertz CT molecular complexity index is 551. The Labute approximate surface area is 122 Å². The van der Waals surface area contributed by atoms with Crippen molar-refractivity contribution in [3.8, 4) is 0 Å². The highest BCUT2D eigenvalue weighted by Crippen LogP contribution is 2.22. The van der Waals surface area contributed by atoms with E-state index in [0.717, 1.165) is 38.1 Å². The fourth-order valence-corrected chi connectivity index (χ4v) is 3.90. The summed E-state index contributed by atoms with van der Waals surface area (Å²) < 4.78 is 27.2. The van der Waals surface area contributed by atoms with Gasteiger partial charge in [-0.15, -0.1) is 0 Å². The molecule has 0 aliphatic carbocycles. The highest BCUT2D eigenvalue weighted by molar-refractivity contribution is 7.88. The van der Waals surface area contributed by atoms with Crippen LogP contribution in [0.15, 0.2) is 6.20 Å². The van der Waals surface area contributed by atoms with Gasteiger partial charge in [-0.3, -0.25) is 0 Å². The van der Waals surface area contributed by atoms with Gasteiger partial charge in [-0.05, 0) is 32.1 Å². The molecule has 0 amide bonds. The van der Waals surface area contributed by atoms with Crippen LogP contribution in [-0.4, -0.2) is 41.6 Å². The molecular weight excluding hydrogens is 274 g/mol. The summed E-state index contributed by atoms with van der Waals surface area (Å²) in [5.41, 5.74) is 1.19. The molecule has 20 heavy (non-hydrogen) atoms. The summed E-state index contributed by atoms with van der Waals surface area (Å²) in [7, 11) is -3.06. The first kappa shape index (κ1) is 15.5. The molecule has 1 unspecified atom stereocenters. The fourth-order valence-electron chi connectivity index (χ4n) is 2.96. The van der Waals surface area contributed by atoms with Gasteiger partial charge in [0.15, 0.2) is 0 Å². The highest BCUT2D eigenvalue weighted by atomic mass is 32.2. The Morgan fingerprint density at radius 2 is 2.20 bits per heavy atom. The molecule has 1 aliphatic rings. The van der Waals surface area contributed by atoms with Gasteiger partial charge in [-0.25, -0.2) is 17.7 Å². The normalized spacial score (nSPS) is 21.2. The van der Waals surface area contributed by atoms with Crippen molar-refractivity contribution in [3.05, 3.63) is 17.7 Å². The van der Waals surface area contributed by atoms with Crippen molar-refractivity contribution in [3.63, 3.8) is 0 Å². The van der Waals surface area contributed by atoms with Crippen molar-refractivity contribution in [2.45, 2.75) is 46.1 Å². The van der Waals surface area contributed by atoms with Crippen LogP contribution in [0.25, 0.3) is 0 Å². The summed E-state index contributed by atoms with van der Waals surface area (Å²) in [4.78, 5) is 4.51. The Morgan fingerprint density at radius 1 is 1.45 bits per heavy atom. The van der Waals surface area contributed by atoms with Crippen molar-refractivity contribution < 1.29 is 8.42 Å². The van der Waals surface area contributed by atoms with E-state index in [2.05, 4.69) is 23.4 Å². The first-order chi connectivity index (χ1) is 9.41. The lowest BCUT2D eigenvalue weighted by atomic mass is 9.96. The van der Waals surface area contributed by atoms with E-state index in [-0.39, 0.29) is 0 Å². The molecule has 0 radical (unpaired) electrons. The van der Waals surface area contributed by atoms with Crippen molar-refractivity contribution >= 4 is 10.0 Å². The van der Waals surface area contributed by atoms with E-state index in [1.54, 1.807) is 4.31 Å². The molecule has 1 atom stereocenters. The van der Waals surface area contributed by atoms with Crippen molar-refractivity contribution in [2.75, 3.05) is 19.3 Å². The van der Waals surface area contributed by atoms with E-state index in [4.69, 9.17) is 0 Å². The van der Waals surface area contributed by atoms with Gasteiger partial charge >= 0.3 is 0 Å². The van der Waals surface area contributed by atoms with Crippen LogP contribution < -0.4 is 0 Å². The summed E-state index contributed by atoms with van der Waals surface area (Å²) in [5, 5.41) is 0. The van der Waals surface area contributed by atoms with Crippen LogP contribution in [0.2, 0.25) is 0 Å². The SMILES string of the molecule is CCCn1c(C)cnc1CC1CCCN(S(C)(=O)=O)C1. The molecular formula is C14H25N3O2S. The lowest BCUT2D eigenvalue weighted by molar-refractivity contribution is 0.262. The molecule has 0 bridgehead atoms. The maximum atomic E-state index is 11.7. The predicted molar refractivity (Wildman–Crippen MR) is 80.1 cm³/mol. The minimum Gasteiger partial charge on any atom is -0.332 e. The highest BCUT2D eigenvalue weighted by Gasteiger charge is 2.26. The number of imidazole rings is 1. The van der Waals surface area contributed by atoms with Gasteiger partial charge in [0.2, 0.25) is 10.0 Å². The Balaban J connectivity index is 2.06. The number of aryl methyl sites for hydroxylation is 1. The van der Waals surface area contributed by atoms with Crippen LogP contribution in [0, 0.1) is 12.8 Å². The lowest BCUT2D eigenvalue weighted by Crippen LogP contribution is -2.40. The van der Waals surface area contributed by atoms with Crippen LogP contribution in [0.5, 0.6) is 0 Å². The first-order valence-corrected chi connectivity index (χ1v) is 9.22. The zero-order valence-electron chi connectivity index (χ0n) is 12.7. The molecule has 0 saturated carbocycles. The summed E-state index contributed by atoms with van der Waals surface area (Å²) in [6.45, 7) is 6.53. The van der Waals surface area contributed by atoms with E-state index in [1.165, 1.54) is 11.9 Å². The number of hydrogen-bond donors (Lipinski definition) is 0. The second-order valence-electron chi connectivity index (χ2n) is 5.80. The van der Waals surface area contributed by atoms with Gasteiger partial charge in [0.1, 0.15) is 5.82 Å². The summed E-state index contributed by atoms with van der Waals surface area (Å²) in [5.74, 6) is 1.49. The van der Waals surface area contributed by atoms with Gasteiger partial charge in [0.25, 0.3) is 0 Å². The van der Waals surface area contributed by atoms with Crippen LogP contribution in [0.4, 0.5) is 0 Å². The van der Waals surface area contributed by atoms with Crippen LogP contribution >= 0.6 is 0 Å². The zero-order valence-corrected chi connectivity index (χ0v) is 13.5. The Hall–Kier alpha value is -0.880. The second kappa shape index (κ2) is 6.26. The monoisotopic (exact) mass is 299 g/mol. The summed E-state index contributed by atoms with van der Waals surface area (Å²) in [6, 6.07) is 0. The molecule has 1 aliphatic heterocycles. The van der Waals surface area contributed by atoms with E-state index < -0.39 is 10.0 Å². The van der Waals surface area contributed by atoms with E-state index in [0.29, 0.717) is 19.0 Å². The van der Waals surface area contributed by atoms with Gasteiger partial charge in [0.05, 0.1) is 6.26 Å². The van der Waals surface area contributed by atoms with Gasteiger partial charge in [-0.1, -0.05) is 6.92 Å². The van der Waals surface area contributed by atoms with Crippen LogP contribution in [-0.2, 0) is 23.0 Å². The maximum absolute atomic E-state index is 11.7. The van der Waals surface area contributed by atoms with Gasteiger partial charge in [-0.2, -0.15) is 0 Å². The molecule has 2 heterocycles. The smallest absolute Gasteiger partial charge is 0.211 e. The van der Waals surface area contributed by atoms with E-state index in [9.17, 15) is 8.42 Å².